The molecule has 0 radical (unpaired) electrons. The molecule has 0 atom stereocenters. The number of hydrogen-bond acceptors (Lipinski definition) is 4. The Morgan fingerprint density at radius 1 is 1.17 bits per heavy atom. The fourth-order valence-electron chi connectivity index (χ4n) is 2.54. The van der Waals surface area contributed by atoms with Crippen LogP contribution in [0, 0.1) is 0 Å². The van der Waals surface area contributed by atoms with Gasteiger partial charge in [0.1, 0.15) is 13.2 Å². The third-order valence-electron chi connectivity index (χ3n) is 4.84. The SMILES string of the molecule is CCC(N)(CC)CNC(=O)C(C)(C)c1ccc2c(c1)OCCO2.Cl. The van der Waals surface area contributed by atoms with Gasteiger partial charge in [-0.1, -0.05) is 19.9 Å². The summed E-state index contributed by atoms with van der Waals surface area (Å²) in [5.74, 6) is 1.39. The molecule has 2 rings (SSSR count). The van der Waals surface area contributed by atoms with Gasteiger partial charge in [-0.2, -0.15) is 0 Å². The predicted octanol–water partition coefficient (Wildman–Crippen LogP) is 2.79. The van der Waals surface area contributed by atoms with Crippen LogP contribution in [0.5, 0.6) is 11.5 Å². The first kappa shape index (κ1) is 20.6. The van der Waals surface area contributed by atoms with Crippen molar-refractivity contribution in [3.8, 4) is 11.5 Å². The highest BCUT2D eigenvalue weighted by Crippen LogP contribution is 2.35. The Hall–Kier alpha value is -1.46. The van der Waals surface area contributed by atoms with Gasteiger partial charge in [-0.05, 0) is 44.4 Å². The molecule has 5 nitrogen and oxygen atoms in total. The highest BCUT2D eigenvalue weighted by molar-refractivity contribution is 5.87. The lowest BCUT2D eigenvalue weighted by molar-refractivity contribution is -0.125. The molecular formula is C18H29ClN2O3. The van der Waals surface area contributed by atoms with Gasteiger partial charge in [0.05, 0.1) is 5.41 Å². The number of hydrogen-bond donors (Lipinski definition) is 2. The van der Waals surface area contributed by atoms with Crippen LogP contribution in [0.25, 0.3) is 0 Å². The molecule has 0 saturated heterocycles. The number of amides is 1. The number of nitrogens with two attached hydrogens (primary N) is 1. The van der Waals surface area contributed by atoms with Crippen LogP contribution in [0.15, 0.2) is 18.2 Å². The number of carbonyl (C=O) groups is 1. The monoisotopic (exact) mass is 356 g/mol. The summed E-state index contributed by atoms with van der Waals surface area (Å²) in [5, 5.41) is 3.01. The van der Waals surface area contributed by atoms with Gasteiger partial charge in [-0.15, -0.1) is 12.4 Å². The first-order valence-electron chi connectivity index (χ1n) is 8.29. The molecule has 1 amide bonds. The summed E-state index contributed by atoms with van der Waals surface area (Å²) >= 11 is 0. The highest BCUT2D eigenvalue weighted by Gasteiger charge is 2.32. The summed E-state index contributed by atoms with van der Waals surface area (Å²) in [6, 6.07) is 5.68. The largest absolute Gasteiger partial charge is 0.486 e. The van der Waals surface area contributed by atoms with Crippen molar-refractivity contribution in [2.24, 2.45) is 5.73 Å². The lowest BCUT2D eigenvalue weighted by Gasteiger charge is -2.31. The number of rotatable bonds is 6. The molecule has 1 aliphatic rings. The third kappa shape index (κ3) is 4.33. The highest BCUT2D eigenvalue weighted by atomic mass is 35.5. The predicted molar refractivity (Wildman–Crippen MR) is 98.2 cm³/mol. The van der Waals surface area contributed by atoms with Gasteiger partial charge in [-0.25, -0.2) is 0 Å². The number of nitrogens with one attached hydrogen (secondary N) is 1. The molecular weight excluding hydrogens is 328 g/mol. The second kappa shape index (κ2) is 8.08. The molecule has 0 saturated carbocycles. The zero-order valence-corrected chi connectivity index (χ0v) is 15.8. The minimum Gasteiger partial charge on any atom is -0.486 e. The topological polar surface area (TPSA) is 73.6 Å². The van der Waals surface area contributed by atoms with Crippen molar-refractivity contribution in [2.75, 3.05) is 19.8 Å². The minimum absolute atomic E-state index is 0. The first-order valence-corrected chi connectivity index (χ1v) is 8.29. The van der Waals surface area contributed by atoms with Crippen molar-refractivity contribution >= 4 is 18.3 Å². The Morgan fingerprint density at radius 2 is 1.75 bits per heavy atom. The molecule has 1 aromatic rings. The van der Waals surface area contributed by atoms with Gasteiger partial charge in [0.15, 0.2) is 11.5 Å². The summed E-state index contributed by atoms with van der Waals surface area (Å²) in [5.41, 5.74) is 6.15. The average molecular weight is 357 g/mol. The molecule has 1 aliphatic heterocycles. The number of ether oxygens (including phenoxy) is 2. The van der Waals surface area contributed by atoms with Crippen LogP contribution in [0.3, 0.4) is 0 Å². The van der Waals surface area contributed by atoms with Gasteiger partial charge in [-0.3, -0.25) is 4.79 Å². The van der Waals surface area contributed by atoms with E-state index in [0.717, 1.165) is 24.2 Å². The van der Waals surface area contributed by atoms with Crippen LogP contribution in [0.1, 0.15) is 46.1 Å². The number of carbonyl (C=O) groups excluding carboxylic acids is 1. The van der Waals surface area contributed by atoms with Crippen LogP contribution in [-0.4, -0.2) is 31.2 Å². The number of halogens is 1. The molecule has 6 heteroatoms. The summed E-state index contributed by atoms with van der Waals surface area (Å²) in [4.78, 5) is 12.7. The van der Waals surface area contributed by atoms with E-state index in [1.54, 1.807) is 0 Å². The van der Waals surface area contributed by atoms with Crippen molar-refractivity contribution in [1.29, 1.82) is 0 Å². The Balaban J connectivity index is 0.00000288. The van der Waals surface area contributed by atoms with Crippen LogP contribution < -0.4 is 20.5 Å². The zero-order valence-electron chi connectivity index (χ0n) is 15.0. The van der Waals surface area contributed by atoms with Crippen LogP contribution >= 0.6 is 12.4 Å². The molecule has 0 aromatic heterocycles. The normalized spacial score (nSPS) is 13.9. The van der Waals surface area contributed by atoms with E-state index in [1.165, 1.54) is 0 Å². The third-order valence-corrected chi connectivity index (χ3v) is 4.84. The van der Waals surface area contributed by atoms with Crippen LogP contribution in [0.4, 0.5) is 0 Å². The molecule has 0 spiro atoms. The van der Waals surface area contributed by atoms with Gasteiger partial charge in [0.25, 0.3) is 0 Å². The van der Waals surface area contributed by atoms with E-state index in [-0.39, 0.29) is 23.9 Å². The quantitative estimate of drug-likeness (QED) is 0.822. The van der Waals surface area contributed by atoms with Crippen LogP contribution in [0.2, 0.25) is 0 Å². The second-order valence-corrected chi connectivity index (χ2v) is 6.74. The molecule has 1 heterocycles. The molecule has 0 bridgehead atoms. The molecule has 0 fully saturated rings. The molecule has 136 valence electrons. The van der Waals surface area contributed by atoms with E-state index in [4.69, 9.17) is 15.2 Å². The van der Waals surface area contributed by atoms with Gasteiger partial charge in [0, 0.05) is 12.1 Å². The maximum Gasteiger partial charge on any atom is 0.230 e. The molecule has 0 unspecified atom stereocenters. The Kier molecular flexibility index (Phi) is 6.93. The number of fused-ring (bicyclic) bond motifs is 1. The van der Waals surface area contributed by atoms with Crippen molar-refractivity contribution < 1.29 is 14.3 Å². The van der Waals surface area contributed by atoms with Crippen molar-refractivity contribution in [2.45, 2.75) is 51.5 Å². The van der Waals surface area contributed by atoms with Gasteiger partial charge in [0.2, 0.25) is 5.91 Å². The summed E-state index contributed by atoms with van der Waals surface area (Å²) in [6.07, 6.45) is 1.66. The van der Waals surface area contributed by atoms with Crippen molar-refractivity contribution in [1.82, 2.24) is 5.32 Å². The van der Waals surface area contributed by atoms with E-state index in [0.29, 0.717) is 25.5 Å². The van der Waals surface area contributed by atoms with E-state index in [2.05, 4.69) is 5.32 Å². The molecule has 0 aliphatic carbocycles. The Morgan fingerprint density at radius 3 is 2.33 bits per heavy atom. The fourth-order valence-corrected chi connectivity index (χ4v) is 2.54. The fraction of sp³-hybridized carbons (Fsp3) is 0.611. The number of benzene rings is 1. The minimum atomic E-state index is -0.668. The Bertz CT molecular complexity index is 571. The molecule has 24 heavy (non-hydrogen) atoms. The maximum absolute atomic E-state index is 12.7. The summed E-state index contributed by atoms with van der Waals surface area (Å²) in [6.45, 7) is 9.47. The van der Waals surface area contributed by atoms with E-state index in [1.807, 2.05) is 45.9 Å². The Labute approximate surface area is 150 Å². The standard InChI is InChI=1S/C18H28N2O3.ClH/c1-5-18(19,6-2)12-20-16(21)17(3,4)13-7-8-14-15(11-13)23-10-9-22-14;/h7-8,11H,5-6,9-10,12,19H2,1-4H3,(H,20,21);1H. The lowest BCUT2D eigenvalue weighted by Crippen LogP contribution is -2.52. The van der Waals surface area contributed by atoms with Gasteiger partial charge < -0.3 is 20.5 Å². The van der Waals surface area contributed by atoms with E-state index in [9.17, 15) is 4.79 Å². The van der Waals surface area contributed by atoms with Crippen molar-refractivity contribution in [3.63, 3.8) is 0 Å². The van der Waals surface area contributed by atoms with E-state index < -0.39 is 5.41 Å². The van der Waals surface area contributed by atoms with Crippen molar-refractivity contribution in [3.05, 3.63) is 23.8 Å². The molecule has 1 aromatic carbocycles. The summed E-state index contributed by atoms with van der Waals surface area (Å²) < 4.78 is 11.1. The average Bonchev–Trinajstić information content (AvgIpc) is 2.58. The second-order valence-electron chi connectivity index (χ2n) is 6.74. The summed E-state index contributed by atoms with van der Waals surface area (Å²) in [7, 11) is 0. The maximum atomic E-state index is 12.7. The lowest BCUT2D eigenvalue weighted by atomic mass is 9.83. The van der Waals surface area contributed by atoms with Gasteiger partial charge >= 0.3 is 0 Å². The first-order chi connectivity index (χ1) is 10.8. The smallest absolute Gasteiger partial charge is 0.230 e. The van der Waals surface area contributed by atoms with Crippen LogP contribution in [-0.2, 0) is 10.2 Å². The molecule has 3 N–H and O–H groups in total. The van der Waals surface area contributed by atoms with E-state index >= 15 is 0 Å². The zero-order chi connectivity index (χ0) is 17.1.